The lowest BCUT2D eigenvalue weighted by Crippen LogP contribution is -2.37. The van der Waals surface area contributed by atoms with E-state index in [1.54, 1.807) is 0 Å². The maximum Gasteiger partial charge on any atom is 0.407 e. The lowest BCUT2D eigenvalue weighted by atomic mass is 10.0. The number of hydrogen-bond acceptors (Lipinski definition) is 2. The molecule has 2 N–H and O–H groups in total. The van der Waals surface area contributed by atoms with Gasteiger partial charge in [0.05, 0.1) is 11.7 Å². The van der Waals surface area contributed by atoms with Gasteiger partial charge in [-0.2, -0.15) is 0 Å². The molecule has 1 aliphatic rings. The highest BCUT2D eigenvalue weighted by Crippen LogP contribution is 2.30. The van der Waals surface area contributed by atoms with Crippen molar-refractivity contribution in [1.29, 1.82) is 0 Å². The molecular weight excluding hydrogens is 334 g/mol. The van der Waals surface area contributed by atoms with Crippen molar-refractivity contribution in [2.75, 3.05) is 6.54 Å². The maximum atomic E-state index is 11.3. The molecule has 0 radical (unpaired) electrons. The Bertz CT molecular complexity index is 639. The van der Waals surface area contributed by atoms with Gasteiger partial charge in [0.15, 0.2) is 0 Å². The van der Waals surface area contributed by atoms with Gasteiger partial charge < -0.3 is 10.1 Å². The molecule has 1 aromatic carbocycles. The molecule has 1 saturated heterocycles. The first-order chi connectivity index (χ1) is 10.1. The van der Waals surface area contributed by atoms with Crippen molar-refractivity contribution in [2.45, 2.75) is 25.3 Å². The second-order valence-electron chi connectivity index (χ2n) is 5.17. The molecule has 5 nitrogen and oxygen atoms in total. The van der Waals surface area contributed by atoms with Crippen LogP contribution < -0.4 is 0 Å². The SMILES string of the molecule is O=C(O)N1CCCC[C@H]1c1nc(-c2ccc(Br)cc2)c[nH]1. The molecule has 1 aromatic heterocycles. The summed E-state index contributed by atoms with van der Waals surface area (Å²) in [6, 6.07) is 7.74. The van der Waals surface area contributed by atoms with Gasteiger partial charge in [0, 0.05) is 22.8 Å². The number of aromatic nitrogens is 2. The highest BCUT2D eigenvalue weighted by Gasteiger charge is 2.29. The topological polar surface area (TPSA) is 69.2 Å². The van der Waals surface area contributed by atoms with Crippen molar-refractivity contribution < 1.29 is 9.90 Å². The first-order valence-corrected chi connectivity index (χ1v) is 7.75. The van der Waals surface area contributed by atoms with E-state index in [0.29, 0.717) is 6.54 Å². The second-order valence-corrected chi connectivity index (χ2v) is 6.08. The molecule has 2 heterocycles. The van der Waals surface area contributed by atoms with E-state index in [1.807, 2.05) is 30.5 Å². The van der Waals surface area contributed by atoms with Gasteiger partial charge in [0.25, 0.3) is 0 Å². The van der Waals surface area contributed by atoms with Crippen LogP contribution in [-0.2, 0) is 0 Å². The van der Waals surface area contributed by atoms with Crippen molar-refractivity contribution in [2.24, 2.45) is 0 Å². The Morgan fingerprint density at radius 3 is 2.81 bits per heavy atom. The highest BCUT2D eigenvalue weighted by atomic mass is 79.9. The third-order valence-corrected chi connectivity index (χ3v) is 4.33. The minimum absolute atomic E-state index is 0.166. The monoisotopic (exact) mass is 349 g/mol. The van der Waals surface area contributed by atoms with Crippen molar-refractivity contribution in [3.8, 4) is 11.3 Å². The number of rotatable bonds is 2. The Labute approximate surface area is 131 Å². The average molecular weight is 350 g/mol. The molecule has 2 aromatic rings. The Balaban J connectivity index is 1.86. The van der Waals surface area contributed by atoms with E-state index >= 15 is 0 Å². The van der Waals surface area contributed by atoms with E-state index in [2.05, 4.69) is 25.9 Å². The van der Waals surface area contributed by atoms with Crippen LogP contribution in [0.25, 0.3) is 11.3 Å². The molecule has 1 aliphatic heterocycles. The van der Waals surface area contributed by atoms with Crippen LogP contribution in [0.15, 0.2) is 34.9 Å². The molecular formula is C15H16BrN3O2. The Morgan fingerprint density at radius 2 is 2.10 bits per heavy atom. The zero-order valence-electron chi connectivity index (χ0n) is 11.4. The van der Waals surface area contributed by atoms with Gasteiger partial charge in [-0.1, -0.05) is 28.1 Å². The second kappa shape index (κ2) is 5.89. The van der Waals surface area contributed by atoms with E-state index in [1.165, 1.54) is 4.90 Å². The van der Waals surface area contributed by atoms with Crippen molar-refractivity contribution in [1.82, 2.24) is 14.9 Å². The molecule has 6 heteroatoms. The van der Waals surface area contributed by atoms with E-state index in [-0.39, 0.29) is 6.04 Å². The van der Waals surface area contributed by atoms with E-state index < -0.39 is 6.09 Å². The highest BCUT2D eigenvalue weighted by molar-refractivity contribution is 9.10. The van der Waals surface area contributed by atoms with Crippen LogP contribution in [0, 0.1) is 0 Å². The Morgan fingerprint density at radius 1 is 1.33 bits per heavy atom. The molecule has 1 fully saturated rings. The molecule has 110 valence electrons. The third kappa shape index (κ3) is 2.95. The van der Waals surface area contributed by atoms with Gasteiger partial charge in [-0.05, 0) is 31.4 Å². The summed E-state index contributed by atoms with van der Waals surface area (Å²) in [6.45, 7) is 0.578. The summed E-state index contributed by atoms with van der Waals surface area (Å²) in [5, 5.41) is 9.30. The number of piperidine rings is 1. The van der Waals surface area contributed by atoms with E-state index in [0.717, 1.165) is 40.8 Å². The standard InChI is InChI=1S/C15H16BrN3O2/c16-11-6-4-10(5-7-11)12-9-17-14(18-12)13-3-1-2-8-19(13)15(20)21/h4-7,9,13H,1-3,8H2,(H,17,18)(H,20,21)/t13-/m0/s1. The number of nitrogens with zero attached hydrogens (tertiary/aromatic N) is 2. The van der Waals surface area contributed by atoms with Crippen LogP contribution >= 0.6 is 15.9 Å². The zero-order chi connectivity index (χ0) is 14.8. The van der Waals surface area contributed by atoms with Gasteiger partial charge >= 0.3 is 6.09 Å². The number of imidazole rings is 1. The molecule has 1 amide bonds. The summed E-state index contributed by atoms with van der Waals surface area (Å²) in [4.78, 5) is 20.5. The Hall–Kier alpha value is -1.82. The Kier molecular flexibility index (Phi) is 3.96. The molecule has 21 heavy (non-hydrogen) atoms. The van der Waals surface area contributed by atoms with Crippen molar-refractivity contribution in [3.63, 3.8) is 0 Å². The lowest BCUT2D eigenvalue weighted by Gasteiger charge is -2.32. The molecule has 1 atom stereocenters. The fourth-order valence-electron chi connectivity index (χ4n) is 2.72. The van der Waals surface area contributed by atoms with Crippen molar-refractivity contribution >= 4 is 22.0 Å². The van der Waals surface area contributed by atoms with Gasteiger partial charge in [0.2, 0.25) is 0 Å². The largest absolute Gasteiger partial charge is 0.465 e. The van der Waals surface area contributed by atoms with Gasteiger partial charge in [-0.15, -0.1) is 0 Å². The molecule has 0 saturated carbocycles. The predicted octanol–water partition coefficient (Wildman–Crippen LogP) is 4.04. The first-order valence-electron chi connectivity index (χ1n) is 6.96. The van der Waals surface area contributed by atoms with Gasteiger partial charge in [-0.25, -0.2) is 9.78 Å². The number of hydrogen-bond donors (Lipinski definition) is 2. The maximum absolute atomic E-state index is 11.3. The average Bonchev–Trinajstić information content (AvgIpc) is 2.97. The minimum Gasteiger partial charge on any atom is -0.465 e. The van der Waals surface area contributed by atoms with Crippen LogP contribution in [0.3, 0.4) is 0 Å². The number of likely N-dealkylation sites (tertiary alicyclic amines) is 1. The smallest absolute Gasteiger partial charge is 0.407 e. The quantitative estimate of drug-likeness (QED) is 0.859. The number of carboxylic acid groups (broad SMARTS) is 1. The van der Waals surface area contributed by atoms with Gasteiger partial charge in [-0.3, -0.25) is 4.90 Å². The summed E-state index contributed by atoms with van der Waals surface area (Å²) < 4.78 is 1.02. The number of aromatic amines is 1. The summed E-state index contributed by atoms with van der Waals surface area (Å²) in [6.07, 6.45) is 3.74. The number of H-pyrrole nitrogens is 1. The van der Waals surface area contributed by atoms with Crippen LogP contribution in [0.5, 0.6) is 0 Å². The normalized spacial score (nSPS) is 18.7. The van der Waals surface area contributed by atoms with Crippen LogP contribution in [0.4, 0.5) is 4.79 Å². The summed E-state index contributed by atoms with van der Waals surface area (Å²) in [7, 11) is 0. The zero-order valence-corrected chi connectivity index (χ0v) is 13.0. The minimum atomic E-state index is -0.874. The number of halogens is 1. The number of benzene rings is 1. The van der Waals surface area contributed by atoms with Crippen LogP contribution in [-0.4, -0.2) is 32.6 Å². The molecule has 0 spiro atoms. The number of amides is 1. The van der Waals surface area contributed by atoms with Crippen LogP contribution in [0.2, 0.25) is 0 Å². The third-order valence-electron chi connectivity index (χ3n) is 3.80. The summed E-state index contributed by atoms with van der Waals surface area (Å²) >= 11 is 3.41. The molecule has 0 aliphatic carbocycles. The predicted molar refractivity (Wildman–Crippen MR) is 83.0 cm³/mol. The fourth-order valence-corrected chi connectivity index (χ4v) is 2.98. The van der Waals surface area contributed by atoms with Crippen LogP contribution in [0.1, 0.15) is 31.1 Å². The summed E-state index contributed by atoms with van der Waals surface area (Å²) in [5.74, 6) is 0.731. The summed E-state index contributed by atoms with van der Waals surface area (Å²) in [5.41, 5.74) is 1.85. The van der Waals surface area contributed by atoms with E-state index in [9.17, 15) is 9.90 Å². The molecule has 0 unspecified atom stereocenters. The fraction of sp³-hybridized carbons (Fsp3) is 0.333. The molecule has 3 rings (SSSR count). The van der Waals surface area contributed by atoms with E-state index in [4.69, 9.17) is 0 Å². The molecule has 0 bridgehead atoms. The first kappa shape index (κ1) is 14.1. The lowest BCUT2D eigenvalue weighted by molar-refractivity contribution is 0.104. The van der Waals surface area contributed by atoms with Crippen molar-refractivity contribution in [3.05, 3.63) is 40.8 Å². The number of carbonyl (C=O) groups is 1. The van der Waals surface area contributed by atoms with Gasteiger partial charge in [0.1, 0.15) is 5.82 Å². The number of nitrogens with one attached hydrogen (secondary N) is 1.